The van der Waals surface area contributed by atoms with Crippen LogP contribution in [0.15, 0.2) is 12.5 Å². The maximum absolute atomic E-state index is 5.45. The van der Waals surface area contributed by atoms with Crippen LogP contribution in [0.4, 0.5) is 0 Å². The summed E-state index contributed by atoms with van der Waals surface area (Å²) in [6.45, 7) is 3.51. The van der Waals surface area contributed by atoms with Crippen LogP contribution in [0.25, 0.3) is 0 Å². The zero-order chi connectivity index (χ0) is 8.97. The van der Waals surface area contributed by atoms with Gasteiger partial charge in [0.1, 0.15) is 0 Å². The lowest BCUT2D eigenvalue weighted by Gasteiger charge is -2.08. The summed E-state index contributed by atoms with van der Waals surface area (Å²) in [5, 5.41) is 3.26. The van der Waals surface area contributed by atoms with Crippen LogP contribution in [0.2, 0.25) is 0 Å². The number of hydrogen-bond donors (Lipinski definition) is 2. The molecule has 0 fully saturated rings. The monoisotopic (exact) mass is 168 g/mol. The van der Waals surface area contributed by atoms with Gasteiger partial charge in [0.15, 0.2) is 0 Å². The second-order valence-corrected chi connectivity index (χ2v) is 3.05. The lowest BCUT2D eigenvalue weighted by Crippen LogP contribution is -2.32. The molecule has 4 heteroatoms. The van der Waals surface area contributed by atoms with E-state index in [0.29, 0.717) is 12.6 Å². The maximum atomic E-state index is 5.45. The summed E-state index contributed by atoms with van der Waals surface area (Å²) in [5.74, 6) is 0. The summed E-state index contributed by atoms with van der Waals surface area (Å²) in [5.41, 5.74) is 6.51. The van der Waals surface area contributed by atoms with Gasteiger partial charge in [-0.15, -0.1) is 0 Å². The molecule has 12 heavy (non-hydrogen) atoms. The molecule has 0 saturated heterocycles. The number of aryl methyl sites for hydroxylation is 1. The summed E-state index contributed by atoms with van der Waals surface area (Å²) in [6.07, 6.45) is 3.79. The van der Waals surface area contributed by atoms with Gasteiger partial charge >= 0.3 is 0 Å². The molecule has 0 amide bonds. The predicted molar refractivity (Wildman–Crippen MR) is 48.6 cm³/mol. The van der Waals surface area contributed by atoms with Gasteiger partial charge < -0.3 is 15.6 Å². The second kappa shape index (κ2) is 4.23. The van der Waals surface area contributed by atoms with E-state index in [4.69, 9.17) is 5.73 Å². The lowest BCUT2D eigenvalue weighted by molar-refractivity contribution is 0.551. The Morgan fingerprint density at radius 2 is 2.50 bits per heavy atom. The third kappa shape index (κ3) is 2.64. The van der Waals surface area contributed by atoms with E-state index in [1.54, 1.807) is 6.33 Å². The SMILES string of the molecule is C[C@@H](CN)NCc1cn(C)cn1. The van der Waals surface area contributed by atoms with Gasteiger partial charge in [0.2, 0.25) is 0 Å². The topological polar surface area (TPSA) is 55.9 Å². The standard InChI is InChI=1S/C8H16N4/c1-7(3-9)10-4-8-5-12(2)6-11-8/h5-7,10H,3-4,9H2,1-2H3/t7-/m0/s1. The second-order valence-electron chi connectivity index (χ2n) is 3.05. The quantitative estimate of drug-likeness (QED) is 0.657. The van der Waals surface area contributed by atoms with Crippen molar-refractivity contribution < 1.29 is 0 Å². The van der Waals surface area contributed by atoms with Crippen molar-refractivity contribution >= 4 is 0 Å². The predicted octanol–water partition coefficient (Wildman–Crippen LogP) is -0.143. The van der Waals surface area contributed by atoms with Crippen LogP contribution in [0.1, 0.15) is 12.6 Å². The third-order valence-corrected chi connectivity index (χ3v) is 1.74. The van der Waals surface area contributed by atoms with Crippen LogP contribution < -0.4 is 11.1 Å². The summed E-state index contributed by atoms with van der Waals surface area (Å²) in [6, 6.07) is 0.354. The van der Waals surface area contributed by atoms with Crippen LogP contribution in [-0.2, 0) is 13.6 Å². The van der Waals surface area contributed by atoms with Crippen molar-refractivity contribution in [1.82, 2.24) is 14.9 Å². The first-order chi connectivity index (χ1) is 5.72. The van der Waals surface area contributed by atoms with Crippen molar-refractivity contribution in [2.75, 3.05) is 6.54 Å². The molecule has 1 aromatic heterocycles. The van der Waals surface area contributed by atoms with Gasteiger partial charge in [0.25, 0.3) is 0 Å². The first-order valence-electron chi connectivity index (χ1n) is 4.12. The van der Waals surface area contributed by atoms with E-state index < -0.39 is 0 Å². The van der Waals surface area contributed by atoms with Crippen LogP contribution in [0.3, 0.4) is 0 Å². The average molecular weight is 168 g/mol. The Balaban J connectivity index is 2.33. The van der Waals surface area contributed by atoms with Crippen LogP contribution >= 0.6 is 0 Å². The third-order valence-electron chi connectivity index (χ3n) is 1.74. The summed E-state index contributed by atoms with van der Waals surface area (Å²) >= 11 is 0. The highest BCUT2D eigenvalue weighted by Crippen LogP contribution is 1.93. The number of nitrogens with one attached hydrogen (secondary N) is 1. The van der Waals surface area contributed by atoms with Crippen LogP contribution in [0, 0.1) is 0 Å². The Bertz CT molecular complexity index is 231. The average Bonchev–Trinajstić information content (AvgIpc) is 2.47. The van der Waals surface area contributed by atoms with Crippen molar-refractivity contribution in [3.05, 3.63) is 18.2 Å². The first-order valence-corrected chi connectivity index (χ1v) is 4.12. The molecule has 0 bridgehead atoms. The lowest BCUT2D eigenvalue weighted by atomic mass is 10.3. The summed E-state index contributed by atoms with van der Waals surface area (Å²) < 4.78 is 1.93. The fourth-order valence-electron chi connectivity index (χ4n) is 0.920. The Kier molecular flexibility index (Phi) is 3.25. The zero-order valence-electron chi connectivity index (χ0n) is 7.62. The molecule has 1 rings (SSSR count). The number of imidazole rings is 1. The molecule has 68 valence electrons. The molecule has 0 spiro atoms. The number of hydrogen-bond acceptors (Lipinski definition) is 3. The van der Waals surface area contributed by atoms with Gasteiger partial charge in [0, 0.05) is 32.4 Å². The molecule has 3 N–H and O–H groups in total. The van der Waals surface area contributed by atoms with Crippen molar-refractivity contribution in [2.45, 2.75) is 19.5 Å². The van der Waals surface area contributed by atoms with Crippen molar-refractivity contribution in [2.24, 2.45) is 12.8 Å². The van der Waals surface area contributed by atoms with Gasteiger partial charge in [-0.3, -0.25) is 0 Å². The highest BCUT2D eigenvalue weighted by atomic mass is 15.0. The molecule has 0 aliphatic rings. The molecule has 0 aromatic carbocycles. The van der Waals surface area contributed by atoms with Gasteiger partial charge in [-0.25, -0.2) is 4.98 Å². The Hall–Kier alpha value is -0.870. The van der Waals surface area contributed by atoms with Crippen molar-refractivity contribution in [1.29, 1.82) is 0 Å². The highest BCUT2D eigenvalue weighted by Gasteiger charge is 1.99. The fourth-order valence-corrected chi connectivity index (χ4v) is 0.920. The Morgan fingerprint density at radius 1 is 1.75 bits per heavy atom. The molecule has 0 aliphatic heterocycles. The van der Waals surface area contributed by atoms with E-state index in [-0.39, 0.29) is 0 Å². The number of aromatic nitrogens is 2. The fraction of sp³-hybridized carbons (Fsp3) is 0.625. The van der Waals surface area contributed by atoms with Gasteiger partial charge in [-0.05, 0) is 6.92 Å². The van der Waals surface area contributed by atoms with Gasteiger partial charge in [-0.1, -0.05) is 0 Å². The minimum Gasteiger partial charge on any atom is -0.340 e. The molecule has 0 aliphatic carbocycles. The molecule has 0 saturated carbocycles. The molecule has 4 nitrogen and oxygen atoms in total. The van der Waals surface area contributed by atoms with E-state index in [1.165, 1.54) is 0 Å². The number of nitrogens with zero attached hydrogens (tertiary/aromatic N) is 2. The van der Waals surface area contributed by atoms with Crippen molar-refractivity contribution in [3.8, 4) is 0 Å². The summed E-state index contributed by atoms with van der Waals surface area (Å²) in [7, 11) is 1.96. The normalized spacial score (nSPS) is 13.2. The van der Waals surface area contributed by atoms with Gasteiger partial charge in [0.05, 0.1) is 12.0 Å². The molecule has 1 aromatic rings. The number of nitrogens with two attached hydrogens (primary N) is 1. The molecule has 0 radical (unpaired) electrons. The van der Waals surface area contributed by atoms with E-state index >= 15 is 0 Å². The molecular weight excluding hydrogens is 152 g/mol. The van der Waals surface area contributed by atoms with E-state index in [9.17, 15) is 0 Å². The van der Waals surface area contributed by atoms with Crippen LogP contribution in [-0.4, -0.2) is 22.1 Å². The highest BCUT2D eigenvalue weighted by molar-refractivity contribution is 4.95. The van der Waals surface area contributed by atoms with E-state index in [1.807, 2.05) is 17.8 Å². The molecule has 1 atom stereocenters. The largest absolute Gasteiger partial charge is 0.340 e. The minimum atomic E-state index is 0.354. The Labute approximate surface area is 72.8 Å². The Morgan fingerprint density at radius 3 is 3.00 bits per heavy atom. The number of rotatable bonds is 4. The van der Waals surface area contributed by atoms with E-state index in [2.05, 4.69) is 17.2 Å². The molecule has 0 unspecified atom stereocenters. The smallest absolute Gasteiger partial charge is 0.0947 e. The zero-order valence-corrected chi connectivity index (χ0v) is 7.62. The molecule has 1 heterocycles. The van der Waals surface area contributed by atoms with Crippen molar-refractivity contribution in [3.63, 3.8) is 0 Å². The maximum Gasteiger partial charge on any atom is 0.0947 e. The summed E-state index contributed by atoms with van der Waals surface area (Å²) in [4.78, 5) is 4.18. The molecular formula is C8H16N4. The minimum absolute atomic E-state index is 0.354. The first kappa shape index (κ1) is 9.22. The van der Waals surface area contributed by atoms with E-state index in [0.717, 1.165) is 12.2 Å². The van der Waals surface area contributed by atoms with Crippen LogP contribution in [0.5, 0.6) is 0 Å². The van der Waals surface area contributed by atoms with Gasteiger partial charge in [-0.2, -0.15) is 0 Å².